The van der Waals surface area contributed by atoms with E-state index in [0.29, 0.717) is 12.1 Å². The van der Waals surface area contributed by atoms with E-state index in [1.807, 2.05) is 31.2 Å². The number of rotatable bonds is 4. The molecule has 0 spiro atoms. The van der Waals surface area contributed by atoms with Crippen LogP contribution < -0.4 is 5.32 Å². The molecule has 0 unspecified atom stereocenters. The van der Waals surface area contributed by atoms with Crippen molar-refractivity contribution in [2.24, 2.45) is 0 Å². The topological polar surface area (TPSA) is 27.8 Å². The molecule has 1 heterocycles. The molecule has 16 heavy (non-hydrogen) atoms. The normalized spacial score (nSPS) is 10.6. The van der Waals surface area contributed by atoms with Crippen molar-refractivity contribution in [3.05, 3.63) is 47.9 Å². The predicted octanol–water partition coefficient (Wildman–Crippen LogP) is 2.93. The van der Waals surface area contributed by atoms with Crippen molar-refractivity contribution < 1.29 is 4.39 Å². The first kappa shape index (κ1) is 10.9. The number of halogens is 1. The second-order valence-corrected chi connectivity index (χ2v) is 3.68. The summed E-state index contributed by atoms with van der Waals surface area (Å²) in [5.74, 6) is -0.183. The van der Waals surface area contributed by atoms with Crippen molar-refractivity contribution in [1.82, 2.24) is 10.3 Å². The average Bonchev–Trinajstić information content (AvgIpc) is 2.80. The lowest BCUT2D eigenvalue weighted by Crippen LogP contribution is -2.11. The van der Waals surface area contributed by atoms with Crippen LogP contribution in [0.5, 0.6) is 0 Å². The molecule has 2 rings (SSSR count). The summed E-state index contributed by atoms with van der Waals surface area (Å²) < 4.78 is 13.8. The fourth-order valence-corrected chi connectivity index (χ4v) is 1.65. The van der Waals surface area contributed by atoms with Gasteiger partial charge in [-0.05, 0) is 36.4 Å². The van der Waals surface area contributed by atoms with Gasteiger partial charge in [0.05, 0.1) is 0 Å². The maximum atomic E-state index is 13.8. The number of aromatic amines is 1. The van der Waals surface area contributed by atoms with Crippen LogP contribution >= 0.6 is 0 Å². The van der Waals surface area contributed by atoms with E-state index in [0.717, 1.165) is 17.8 Å². The van der Waals surface area contributed by atoms with E-state index in [2.05, 4.69) is 10.3 Å². The number of benzene rings is 1. The van der Waals surface area contributed by atoms with Crippen LogP contribution in [0.2, 0.25) is 0 Å². The molecule has 0 saturated heterocycles. The van der Waals surface area contributed by atoms with Gasteiger partial charge in [0.25, 0.3) is 0 Å². The SMILES string of the molecule is CCNCc1ccc(-c2ccc[nH]2)c(F)c1. The molecular formula is C13H15FN2. The summed E-state index contributed by atoms with van der Waals surface area (Å²) in [6.07, 6.45) is 1.79. The third kappa shape index (κ3) is 2.31. The highest BCUT2D eigenvalue weighted by molar-refractivity contribution is 5.60. The van der Waals surface area contributed by atoms with Gasteiger partial charge in [0.2, 0.25) is 0 Å². The molecule has 0 amide bonds. The first-order valence-electron chi connectivity index (χ1n) is 5.44. The molecule has 2 N–H and O–H groups in total. The van der Waals surface area contributed by atoms with Crippen molar-refractivity contribution in [2.45, 2.75) is 13.5 Å². The van der Waals surface area contributed by atoms with Gasteiger partial charge in [0.15, 0.2) is 0 Å². The average molecular weight is 218 g/mol. The molecule has 2 nitrogen and oxygen atoms in total. The molecule has 3 heteroatoms. The Labute approximate surface area is 94.5 Å². The minimum atomic E-state index is -0.183. The zero-order valence-corrected chi connectivity index (χ0v) is 9.26. The molecule has 0 aliphatic rings. The van der Waals surface area contributed by atoms with Crippen LogP contribution in [0.3, 0.4) is 0 Å². The molecule has 2 aromatic rings. The minimum absolute atomic E-state index is 0.183. The van der Waals surface area contributed by atoms with E-state index >= 15 is 0 Å². The van der Waals surface area contributed by atoms with E-state index in [1.54, 1.807) is 12.3 Å². The van der Waals surface area contributed by atoms with E-state index in [9.17, 15) is 4.39 Å². The van der Waals surface area contributed by atoms with Gasteiger partial charge in [-0.2, -0.15) is 0 Å². The van der Waals surface area contributed by atoms with Gasteiger partial charge in [-0.25, -0.2) is 4.39 Å². The standard InChI is InChI=1S/C13H15FN2/c1-2-15-9-10-5-6-11(12(14)8-10)13-4-3-7-16-13/h3-8,15-16H,2,9H2,1H3. The summed E-state index contributed by atoms with van der Waals surface area (Å²) in [7, 11) is 0. The smallest absolute Gasteiger partial charge is 0.132 e. The molecule has 0 saturated carbocycles. The number of nitrogens with one attached hydrogen (secondary N) is 2. The van der Waals surface area contributed by atoms with Crippen LogP contribution in [0.15, 0.2) is 36.5 Å². The van der Waals surface area contributed by atoms with Gasteiger partial charge in [-0.15, -0.1) is 0 Å². The summed E-state index contributed by atoms with van der Waals surface area (Å²) in [4.78, 5) is 3.00. The Kier molecular flexibility index (Phi) is 3.37. The number of hydrogen-bond acceptors (Lipinski definition) is 1. The van der Waals surface area contributed by atoms with Crippen LogP contribution in [0.25, 0.3) is 11.3 Å². The minimum Gasteiger partial charge on any atom is -0.361 e. The first-order chi connectivity index (χ1) is 7.81. The number of hydrogen-bond donors (Lipinski definition) is 2. The lowest BCUT2D eigenvalue weighted by atomic mass is 10.1. The zero-order valence-electron chi connectivity index (χ0n) is 9.26. The monoisotopic (exact) mass is 218 g/mol. The van der Waals surface area contributed by atoms with Crippen LogP contribution in [0, 0.1) is 5.82 Å². The van der Waals surface area contributed by atoms with Crippen molar-refractivity contribution >= 4 is 0 Å². The van der Waals surface area contributed by atoms with Gasteiger partial charge in [-0.1, -0.05) is 13.0 Å². The van der Waals surface area contributed by atoms with Gasteiger partial charge < -0.3 is 10.3 Å². The lowest BCUT2D eigenvalue weighted by molar-refractivity contribution is 0.625. The molecule has 1 aromatic heterocycles. The summed E-state index contributed by atoms with van der Waals surface area (Å²) in [6, 6.07) is 9.07. The molecule has 0 radical (unpaired) electrons. The third-order valence-electron chi connectivity index (χ3n) is 2.50. The zero-order chi connectivity index (χ0) is 11.4. The lowest BCUT2D eigenvalue weighted by Gasteiger charge is -2.05. The summed E-state index contributed by atoms with van der Waals surface area (Å²) in [6.45, 7) is 3.63. The fraction of sp³-hybridized carbons (Fsp3) is 0.231. The molecule has 0 bridgehead atoms. The predicted molar refractivity (Wildman–Crippen MR) is 63.6 cm³/mol. The summed E-state index contributed by atoms with van der Waals surface area (Å²) in [5.41, 5.74) is 2.40. The fourth-order valence-electron chi connectivity index (χ4n) is 1.65. The highest BCUT2D eigenvalue weighted by Crippen LogP contribution is 2.21. The molecule has 0 aliphatic heterocycles. The highest BCUT2D eigenvalue weighted by Gasteiger charge is 2.06. The molecule has 0 atom stereocenters. The Morgan fingerprint density at radius 3 is 2.81 bits per heavy atom. The highest BCUT2D eigenvalue weighted by atomic mass is 19.1. The van der Waals surface area contributed by atoms with E-state index in [-0.39, 0.29) is 5.82 Å². The summed E-state index contributed by atoms with van der Waals surface area (Å²) >= 11 is 0. The molecule has 84 valence electrons. The van der Waals surface area contributed by atoms with E-state index in [1.165, 1.54) is 0 Å². The molecule has 0 fully saturated rings. The molecule has 1 aromatic carbocycles. The molecular weight excluding hydrogens is 203 g/mol. The van der Waals surface area contributed by atoms with Crippen molar-refractivity contribution in [1.29, 1.82) is 0 Å². The second kappa shape index (κ2) is 4.94. The maximum Gasteiger partial charge on any atom is 0.132 e. The van der Waals surface area contributed by atoms with E-state index in [4.69, 9.17) is 0 Å². The second-order valence-electron chi connectivity index (χ2n) is 3.68. The third-order valence-corrected chi connectivity index (χ3v) is 2.50. The summed E-state index contributed by atoms with van der Waals surface area (Å²) in [5, 5.41) is 3.17. The van der Waals surface area contributed by atoms with E-state index < -0.39 is 0 Å². The van der Waals surface area contributed by atoms with Crippen molar-refractivity contribution in [3.8, 4) is 11.3 Å². The van der Waals surface area contributed by atoms with Gasteiger partial charge in [-0.3, -0.25) is 0 Å². The number of aromatic nitrogens is 1. The Morgan fingerprint density at radius 2 is 2.19 bits per heavy atom. The van der Waals surface area contributed by atoms with Gasteiger partial charge in [0, 0.05) is 24.0 Å². The van der Waals surface area contributed by atoms with Crippen LogP contribution in [-0.4, -0.2) is 11.5 Å². The first-order valence-corrected chi connectivity index (χ1v) is 5.44. The Hall–Kier alpha value is -1.61. The number of H-pyrrole nitrogens is 1. The maximum absolute atomic E-state index is 13.8. The van der Waals surface area contributed by atoms with Crippen molar-refractivity contribution in [2.75, 3.05) is 6.54 Å². The Balaban J connectivity index is 2.23. The Bertz CT molecular complexity index is 449. The van der Waals surface area contributed by atoms with Crippen LogP contribution in [0.4, 0.5) is 4.39 Å². The van der Waals surface area contributed by atoms with Crippen molar-refractivity contribution in [3.63, 3.8) is 0 Å². The van der Waals surface area contributed by atoms with Crippen LogP contribution in [0.1, 0.15) is 12.5 Å². The van der Waals surface area contributed by atoms with Crippen LogP contribution in [-0.2, 0) is 6.54 Å². The largest absolute Gasteiger partial charge is 0.361 e. The quantitative estimate of drug-likeness (QED) is 0.811. The molecule has 0 aliphatic carbocycles. The van der Waals surface area contributed by atoms with Gasteiger partial charge >= 0.3 is 0 Å². The Morgan fingerprint density at radius 1 is 1.31 bits per heavy atom. The van der Waals surface area contributed by atoms with Gasteiger partial charge in [0.1, 0.15) is 5.82 Å².